The van der Waals surface area contributed by atoms with Gasteiger partial charge >= 0.3 is 0 Å². The van der Waals surface area contributed by atoms with Gasteiger partial charge in [0.25, 0.3) is 0 Å². The Balaban J connectivity index is 1.92. The Morgan fingerprint density at radius 3 is 2.67 bits per heavy atom. The number of rotatable bonds is 0. The molecule has 0 nitrogen and oxygen atoms in total. The third-order valence-corrected chi connectivity index (χ3v) is 6.11. The van der Waals surface area contributed by atoms with E-state index in [1.165, 1.54) is 0 Å². The molecule has 4 bridgehead atoms. The van der Waals surface area contributed by atoms with E-state index in [0.717, 1.165) is 28.6 Å². The topological polar surface area (TPSA) is 0 Å². The highest BCUT2D eigenvalue weighted by Gasteiger charge is 2.71. The third kappa shape index (κ3) is 0.438. The average Bonchev–Trinajstić information content (AvgIpc) is 2.09. The van der Waals surface area contributed by atoms with Crippen molar-refractivity contribution >= 4 is 0 Å². The Hall–Kier alpha value is 0. The maximum absolute atomic E-state index is 2.61. The fourth-order valence-electron chi connectivity index (χ4n) is 5.76. The summed E-state index contributed by atoms with van der Waals surface area (Å²) in [5.41, 5.74) is 1.73. The SMILES string of the molecule is CC12CC3CC4CC1CC2(C4)C3. The van der Waals surface area contributed by atoms with Gasteiger partial charge in [0, 0.05) is 0 Å². The molecule has 0 aromatic rings. The summed E-state index contributed by atoms with van der Waals surface area (Å²) in [6.45, 7) is 2.61. The molecule has 5 aliphatic carbocycles. The normalized spacial score (nSPS) is 71.2. The molecule has 0 amide bonds. The van der Waals surface area contributed by atoms with Crippen LogP contribution in [0.2, 0.25) is 0 Å². The maximum Gasteiger partial charge on any atom is -0.0233 e. The first-order chi connectivity index (χ1) is 5.72. The fraction of sp³-hybridized carbons (Fsp3) is 1.00. The van der Waals surface area contributed by atoms with Gasteiger partial charge in [-0.3, -0.25) is 0 Å². The molecule has 66 valence electrons. The van der Waals surface area contributed by atoms with E-state index >= 15 is 0 Å². The van der Waals surface area contributed by atoms with Gasteiger partial charge in [-0.1, -0.05) is 6.92 Å². The van der Waals surface area contributed by atoms with E-state index in [0.29, 0.717) is 0 Å². The smallest absolute Gasteiger partial charge is 0.0233 e. The minimum Gasteiger partial charge on any atom is -0.0588 e. The van der Waals surface area contributed by atoms with E-state index in [1.54, 1.807) is 38.5 Å². The second-order valence-corrected chi connectivity index (χ2v) is 6.41. The second-order valence-electron chi connectivity index (χ2n) is 6.41. The van der Waals surface area contributed by atoms with Crippen LogP contribution >= 0.6 is 0 Å². The van der Waals surface area contributed by atoms with Crippen molar-refractivity contribution < 1.29 is 0 Å². The first-order valence-electron chi connectivity index (χ1n) is 5.72. The Morgan fingerprint density at radius 2 is 1.75 bits per heavy atom. The summed E-state index contributed by atoms with van der Waals surface area (Å²) < 4.78 is 0. The Labute approximate surface area is 74.7 Å². The highest BCUT2D eigenvalue weighted by Crippen LogP contribution is 2.80. The number of fused-ring (bicyclic) bond motifs is 1. The van der Waals surface area contributed by atoms with E-state index < -0.39 is 0 Å². The van der Waals surface area contributed by atoms with E-state index in [4.69, 9.17) is 0 Å². The summed E-state index contributed by atoms with van der Waals surface area (Å²) in [6, 6.07) is 0. The molecule has 5 atom stereocenters. The molecule has 0 heterocycles. The van der Waals surface area contributed by atoms with Gasteiger partial charge in [-0.15, -0.1) is 0 Å². The van der Waals surface area contributed by atoms with Gasteiger partial charge in [-0.2, -0.15) is 0 Å². The zero-order valence-corrected chi connectivity index (χ0v) is 7.97. The van der Waals surface area contributed by atoms with Crippen LogP contribution in [0.25, 0.3) is 0 Å². The standard InChI is InChI=1S/C12H18/c1-11-4-9-2-8-3-10(11)7-12(11,5-8)6-9/h8-10H,2-7H2,1H3. The molecule has 1 spiro atoms. The first kappa shape index (κ1) is 6.45. The molecule has 0 radical (unpaired) electrons. The molecule has 5 saturated carbocycles. The van der Waals surface area contributed by atoms with Crippen LogP contribution < -0.4 is 0 Å². The molecule has 0 aliphatic heterocycles. The maximum atomic E-state index is 2.61. The lowest BCUT2D eigenvalue weighted by atomic mass is 9.38. The zero-order valence-electron chi connectivity index (χ0n) is 7.97. The summed E-state index contributed by atoms with van der Waals surface area (Å²) in [5.74, 6) is 3.48. The van der Waals surface area contributed by atoms with Crippen molar-refractivity contribution in [2.75, 3.05) is 0 Å². The summed E-state index contributed by atoms with van der Waals surface area (Å²) in [5, 5.41) is 0. The molecule has 0 saturated heterocycles. The number of hydrogen-bond acceptors (Lipinski definition) is 0. The summed E-state index contributed by atoms with van der Waals surface area (Å²) in [6.07, 6.45) is 9.68. The summed E-state index contributed by atoms with van der Waals surface area (Å²) in [4.78, 5) is 0. The van der Waals surface area contributed by atoms with Gasteiger partial charge in [-0.05, 0) is 67.1 Å². The fourth-order valence-corrected chi connectivity index (χ4v) is 5.76. The van der Waals surface area contributed by atoms with Crippen LogP contribution in [0.3, 0.4) is 0 Å². The van der Waals surface area contributed by atoms with Crippen molar-refractivity contribution in [1.29, 1.82) is 0 Å². The van der Waals surface area contributed by atoms with Crippen molar-refractivity contribution in [2.45, 2.75) is 45.4 Å². The van der Waals surface area contributed by atoms with Crippen LogP contribution in [-0.2, 0) is 0 Å². The largest absolute Gasteiger partial charge is 0.0588 e. The van der Waals surface area contributed by atoms with Crippen molar-refractivity contribution in [3.05, 3.63) is 0 Å². The Kier molecular flexibility index (Phi) is 0.811. The highest BCUT2D eigenvalue weighted by atomic mass is 14.8. The Bertz CT molecular complexity index is 253. The van der Waals surface area contributed by atoms with Crippen molar-refractivity contribution in [3.8, 4) is 0 Å². The van der Waals surface area contributed by atoms with Crippen molar-refractivity contribution in [2.24, 2.45) is 28.6 Å². The summed E-state index contributed by atoms with van der Waals surface area (Å²) in [7, 11) is 0. The van der Waals surface area contributed by atoms with Crippen LogP contribution in [0, 0.1) is 28.6 Å². The van der Waals surface area contributed by atoms with Crippen molar-refractivity contribution in [1.82, 2.24) is 0 Å². The van der Waals surface area contributed by atoms with E-state index in [1.807, 2.05) is 0 Å². The zero-order chi connectivity index (χ0) is 7.97. The van der Waals surface area contributed by atoms with Crippen LogP contribution in [0.4, 0.5) is 0 Å². The number of hydrogen-bond donors (Lipinski definition) is 0. The van der Waals surface area contributed by atoms with Gasteiger partial charge in [0.05, 0.1) is 0 Å². The third-order valence-electron chi connectivity index (χ3n) is 6.11. The van der Waals surface area contributed by atoms with E-state index in [9.17, 15) is 0 Å². The highest BCUT2D eigenvalue weighted by molar-refractivity contribution is 5.21. The molecule has 0 heteroatoms. The molecule has 0 aromatic carbocycles. The van der Waals surface area contributed by atoms with Gasteiger partial charge in [-0.25, -0.2) is 0 Å². The molecule has 5 unspecified atom stereocenters. The molecule has 0 N–H and O–H groups in total. The first-order valence-corrected chi connectivity index (χ1v) is 5.72. The van der Waals surface area contributed by atoms with E-state index in [-0.39, 0.29) is 0 Å². The monoisotopic (exact) mass is 162 g/mol. The molecular weight excluding hydrogens is 144 g/mol. The van der Waals surface area contributed by atoms with Gasteiger partial charge in [0.2, 0.25) is 0 Å². The molecule has 12 heavy (non-hydrogen) atoms. The predicted octanol–water partition coefficient (Wildman–Crippen LogP) is 3.22. The van der Waals surface area contributed by atoms with Crippen LogP contribution in [0.1, 0.15) is 45.4 Å². The lowest BCUT2D eigenvalue weighted by Crippen LogP contribution is -2.58. The van der Waals surface area contributed by atoms with E-state index in [2.05, 4.69) is 6.92 Å². The molecular formula is C12H18. The molecule has 5 aliphatic rings. The van der Waals surface area contributed by atoms with Crippen LogP contribution in [0.5, 0.6) is 0 Å². The Morgan fingerprint density at radius 1 is 0.917 bits per heavy atom. The summed E-state index contributed by atoms with van der Waals surface area (Å²) >= 11 is 0. The van der Waals surface area contributed by atoms with Gasteiger partial charge in [0.15, 0.2) is 0 Å². The quantitative estimate of drug-likeness (QED) is 0.513. The molecule has 5 rings (SSSR count). The van der Waals surface area contributed by atoms with Gasteiger partial charge < -0.3 is 0 Å². The van der Waals surface area contributed by atoms with Crippen molar-refractivity contribution in [3.63, 3.8) is 0 Å². The minimum atomic E-state index is 0.838. The molecule has 5 fully saturated rings. The van der Waals surface area contributed by atoms with Crippen LogP contribution in [0.15, 0.2) is 0 Å². The van der Waals surface area contributed by atoms with Gasteiger partial charge in [0.1, 0.15) is 0 Å². The predicted molar refractivity (Wildman–Crippen MR) is 48.7 cm³/mol. The van der Waals surface area contributed by atoms with Crippen LogP contribution in [-0.4, -0.2) is 0 Å². The lowest BCUT2D eigenvalue weighted by Gasteiger charge is -2.66. The minimum absolute atomic E-state index is 0.838. The molecule has 0 aromatic heterocycles. The second kappa shape index (κ2) is 1.51. The average molecular weight is 162 g/mol. The lowest BCUT2D eigenvalue weighted by molar-refractivity contribution is -0.171.